The number of aliphatic hydroxyl groups excluding tert-OH is 1. The van der Waals surface area contributed by atoms with E-state index >= 15 is 0 Å². The highest BCUT2D eigenvalue weighted by Gasteiger charge is 2.29. The van der Waals surface area contributed by atoms with E-state index in [1.54, 1.807) is 0 Å². The van der Waals surface area contributed by atoms with Crippen LogP contribution in [0.25, 0.3) is 0 Å². The molecule has 1 saturated heterocycles. The van der Waals surface area contributed by atoms with Crippen molar-refractivity contribution in [2.24, 2.45) is 0 Å². The molecule has 1 aliphatic heterocycles. The van der Waals surface area contributed by atoms with Gasteiger partial charge >= 0.3 is 11.9 Å². The van der Waals surface area contributed by atoms with Crippen molar-refractivity contribution in [1.29, 1.82) is 0 Å². The van der Waals surface area contributed by atoms with Crippen LogP contribution < -0.4 is 5.32 Å². The molecule has 0 aromatic carbocycles. The number of nitrogens with one attached hydrogen (secondary N) is 1. The minimum atomic E-state index is -0.448. The van der Waals surface area contributed by atoms with Crippen LogP contribution in [0.15, 0.2) is 0 Å². The molecule has 1 fully saturated rings. The van der Waals surface area contributed by atoms with Crippen molar-refractivity contribution in [1.82, 2.24) is 5.32 Å². The second-order valence-electron chi connectivity index (χ2n) is 10.1. The zero-order valence-electron chi connectivity index (χ0n) is 22.2. The number of hydrogen-bond acceptors (Lipinski definition) is 6. The van der Waals surface area contributed by atoms with Gasteiger partial charge < -0.3 is 19.9 Å². The van der Waals surface area contributed by atoms with Gasteiger partial charge in [-0.15, -0.1) is 0 Å². The quantitative estimate of drug-likeness (QED) is 0.140. The Hall–Kier alpha value is -1.14. The molecule has 1 rings (SSSR count). The fourth-order valence-electron chi connectivity index (χ4n) is 4.53. The Balaban J connectivity index is 2.08. The first kappa shape index (κ1) is 30.9. The number of unbranched alkanes of at least 4 members (excludes halogenated alkanes) is 12. The van der Waals surface area contributed by atoms with Crippen LogP contribution in [0.1, 0.15) is 136 Å². The minimum Gasteiger partial charge on any atom is -0.465 e. The Kier molecular flexibility index (Phi) is 19.2. The Morgan fingerprint density at radius 2 is 1.38 bits per heavy atom. The van der Waals surface area contributed by atoms with Crippen molar-refractivity contribution in [3.63, 3.8) is 0 Å². The van der Waals surface area contributed by atoms with Gasteiger partial charge in [0.25, 0.3) is 0 Å². The van der Waals surface area contributed by atoms with Gasteiger partial charge in [0, 0.05) is 19.4 Å². The van der Waals surface area contributed by atoms with Crippen LogP contribution in [0, 0.1) is 0 Å². The van der Waals surface area contributed by atoms with Gasteiger partial charge in [-0.05, 0) is 38.5 Å². The lowest BCUT2D eigenvalue weighted by Gasteiger charge is -2.18. The maximum Gasteiger partial charge on any atom is 0.323 e. The Morgan fingerprint density at radius 1 is 0.824 bits per heavy atom. The van der Waals surface area contributed by atoms with Crippen LogP contribution in [0.2, 0.25) is 0 Å². The first-order valence-corrected chi connectivity index (χ1v) is 14.3. The van der Waals surface area contributed by atoms with Gasteiger partial charge in [-0.2, -0.15) is 0 Å². The molecule has 0 aromatic heterocycles. The van der Waals surface area contributed by atoms with Gasteiger partial charge in [-0.3, -0.25) is 9.59 Å². The lowest BCUT2D eigenvalue weighted by atomic mass is 10.0. The summed E-state index contributed by atoms with van der Waals surface area (Å²) in [5, 5.41) is 12.4. The van der Waals surface area contributed by atoms with Crippen LogP contribution in [0.4, 0.5) is 0 Å². The van der Waals surface area contributed by atoms with E-state index in [4.69, 9.17) is 9.47 Å². The molecule has 1 heterocycles. The molecule has 6 heteroatoms. The van der Waals surface area contributed by atoms with Crippen molar-refractivity contribution < 1.29 is 24.2 Å². The molecular formula is C28H53NO5. The molecule has 0 saturated carbocycles. The van der Waals surface area contributed by atoms with Crippen LogP contribution in [0.5, 0.6) is 0 Å². The second-order valence-corrected chi connectivity index (χ2v) is 10.1. The number of hydrogen-bond donors (Lipinski definition) is 2. The molecule has 34 heavy (non-hydrogen) atoms. The maximum atomic E-state index is 12.4. The van der Waals surface area contributed by atoms with E-state index in [0.29, 0.717) is 26.0 Å². The minimum absolute atomic E-state index is 0.0355. The average Bonchev–Trinajstić information content (AvgIpc) is 3.26. The summed E-state index contributed by atoms with van der Waals surface area (Å²) in [6.45, 7) is 5.35. The lowest BCUT2D eigenvalue weighted by molar-refractivity contribution is -0.150. The highest BCUT2D eigenvalue weighted by molar-refractivity contribution is 5.76. The molecule has 200 valence electrons. The molecular weight excluding hydrogens is 430 g/mol. The molecule has 0 spiro atoms. The lowest BCUT2D eigenvalue weighted by Crippen LogP contribution is -2.32. The van der Waals surface area contributed by atoms with E-state index in [9.17, 15) is 14.7 Å². The molecule has 1 aliphatic rings. The summed E-state index contributed by atoms with van der Waals surface area (Å²) in [7, 11) is 0. The van der Waals surface area contributed by atoms with E-state index in [1.165, 1.54) is 51.4 Å². The van der Waals surface area contributed by atoms with E-state index in [-0.39, 0.29) is 24.1 Å². The van der Waals surface area contributed by atoms with Gasteiger partial charge in [0.2, 0.25) is 0 Å². The molecule has 0 aromatic rings. The van der Waals surface area contributed by atoms with Crippen molar-refractivity contribution >= 4 is 11.9 Å². The number of carbonyl (C=O) groups is 2. The molecule has 2 unspecified atom stereocenters. The zero-order chi connectivity index (χ0) is 24.9. The van der Waals surface area contributed by atoms with Gasteiger partial charge in [-0.1, -0.05) is 84.5 Å². The van der Waals surface area contributed by atoms with Crippen molar-refractivity contribution in [3.8, 4) is 0 Å². The third kappa shape index (κ3) is 16.5. The predicted octanol–water partition coefficient (Wildman–Crippen LogP) is 6.23. The first-order valence-electron chi connectivity index (χ1n) is 14.3. The Morgan fingerprint density at radius 3 is 2.00 bits per heavy atom. The first-order chi connectivity index (χ1) is 16.6. The number of carbonyl (C=O) groups excluding carboxylic acids is 2. The standard InChI is InChI=1S/C28H53NO5/c1-3-5-7-9-11-15-19-25(18-14-8-6-4-2)34-27(31)20-16-12-10-13-17-21-33-28(32)26-22-24(30)23-29-26/h24-26,29-30H,3-23H2,1-2H3/t24?,25?,26-/m0/s1. The van der Waals surface area contributed by atoms with Gasteiger partial charge in [0.15, 0.2) is 0 Å². The summed E-state index contributed by atoms with van der Waals surface area (Å²) in [5.74, 6) is -0.295. The Bertz CT molecular complexity index is 513. The van der Waals surface area contributed by atoms with Crippen LogP contribution >= 0.6 is 0 Å². The summed E-state index contributed by atoms with van der Waals surface area (Å²) >= 11 is 0. The highest BCUT2D eigenvalue weighted by Crippen LogP contribution is 2.18. The molecule has 6 nitrogen and oxygen atoms in total. The third-order valence-electron chi connectivity index (χ3n) is 6.72. The monoisotopic (exact) mass is 483 g/mol. The van der Waals surface area contributed by atoms with Gasteiger partial charge in [0.1, 0.15) is 12.1 Å². The fourth-order valence-corrected chi connectivity index (χ4v) is 4.53. The second kappa shape index (κ2) is 21.2. The smallest absolute Gasteiger partial charge is 0.323 e. The van der Waals surface area contributed by atoms with Gasteiger partial charge in [-0.25, -0.2) is 0 Å². The number of β-amino-alcohol motifs (C(OH)–C–C–N with tert-alkyl or cyclic N) is 1. The van der Waals surface area contributed by atoms with E-state index in [2.05, 4.69) is 19.2 Å². The Labute approximate surface area is 208 Å². The maximum absolute atomic E-state index is 12.4. The van der Waals surface area contributed by atoms with E-state index in [1.807, 2.05) is 0 Å². The normalized spacial score (nSPS) is 18.7. The summed E-state index contributed by atoms with van der Waals surface area (Å²) in [5.41, 5.74) is 0. The summed E-state index contributed by atoms with van der Waals surface area (Å²) in [6.07, 6.45) is 19.8. The summed E-state index contributed by atoms with van der Waals surface area (Å²) in [4.78, 5) is 24.2. The molecule has 2 N–H and O–H groups in total. The molecule has 3 atom stereocenters. The number of rotatable bonds is 22. The fraction of sp³-hybridized carbons (Fsp3) is 0.929. The number of ether oxygens (including phenoxy) is 2. The van der Waals surface area contributed by atoms with Crippen molar-refractivity contribution in [2.45, 2.75) is 154 Å². The third-order valence-corrected chi connectivity index (χ3v) is 6.72. The average molecular weight is 484 g/mol. The molecule has 0 bridgehead atoms. The zero-order valence-corrected chi connectivity index (χ0v) is 22.2. The van der Waals surface area contributed by atoms with Crippen LogP contribution in [0.3, 0.4) is 0 Å². The van der Waals surface area contributed by atoms with E-state index in [0.717, 1.165) is 57.8 Å². The predicted molar refractivity (Wildman–Crippen MR) is 138 cm³/mol. The molecule has 0 aliphatic carbocycles. The number of esters is 2. The molecule has 0 amide bonds. The summed E-state index contributed by atoms with van der Waals surface area (Å²) < 4.78 is 11.1. The number of aliphatic hydroxyl groups is 1. The van der Waals surface area contributed by atoms with Crippen molar-refractivity contribution in [3.05, 3.63) is 0 Å². The molecule has 0 radical (unpaired) electrons. The highest BCUT2D eigenvalue weighted by atomic mass is 16.5. The van der Waals surface area contributed by atoms with Crippen LogP contribution in [-0.4, -0.2) is 48.4 Å². The SMILES string of the molecule is CCCCCCCCC(CCCCCC)OC(=O)CCCCCCCOC(=O)[C@@H]1CC(O)CN1. The summed E-state index contributed by atoms with van der Waals surface area (Å²) in [6, 6.07) is -0.363. The van der Waals surface area contributed by atoms with E-state index < -0.39 is 6.10 Å². The largest absolute Gasteiger partial charge is 0.465 e. The van der Waals surface area contributed by atoms with Crippen LogP contribution in [-0.2, 0) is 19.1 Å². The van der Waals surface area contributed by atoms with Gasteiger partial charge in [0.05, 0.1) is 12.7 Å². The van der Waals surface area contributed by atoms with Crippen molar-refractivity contribution in [2.75, 3.05) is 13.2 Å². The topological polar surface area (TPSA) is 84.9 Å².